The molecule has 0 aliphatic carbocycles. The van der Waals surface area contributed by atoms with Crippen molar-refractivity contribution in [1.29, 1.82) is 5.41 Å². The molecule has 134 valence electrons. The normalized spacial score (nSPS) is 10.5. The minimum absolute atomic E-state index is 0.436. The molecule has 3 aromatic rings. The molecule has 0 saturated heterocycles. The summed E-state index contributed by atoms with van der Waals surface area (Å²) in [5.41, 5.74) is 9.13. The third-order valence-electron chi connectivity index (χ3n) is 3.96. The van der Waals surface area contributed by atoms with E-state index in [1.54, 1.807) is 16.5 Å². The van der Waals surface area contributed by atoms with Crippen LogP contribution in [0.15, 0.2) is 48.8 Å². The maximum absolute atomic E-state index is 7.52. The number of rotatable bonds is 7. The molecular weight excluding hydrogens is 328 g/mol. The Balaban J connectivity index is 2.05. The predicted octanol–water partition coefficient (Wildman–Crippen LogP) is 2.00. The molecule has 0 aliphatic rings. The fourth-order valence-electron chi connectivity index (χ4n) is 2.60. The molecule has 0 aliphatic heterocycles. The lowest BCUT2D eigenvalue weighted by Gasteiger charge is -2.14. The molecule has 5 N–H and O–H groups in total. The van der Waals surface area contributed by atoms with Crippen LogP contribution in [0.3, 0.4) is 0 Å². The summed E-state index contributed by atoms with van der Waals surface area (Å²) in [6.07, 6.45) is 1.24. The number of anilines is 2. The highest BCUT2D eigenvalue weighted by atomic mass is 15.3. The number of fused-ring (bicyclic) bond motifs is 1. The zero-order valence-corrected chi connectivity index (χ0v) is 14.8. The molecule has 2 aromatic heterocycles. The molecule has 0 radical (unpaired) electrons. The summed E-state index contributed by atoms with van der Waals surface area (Å²) in [6.45, 7) is 4.24. The van der Waals surface area contributed by atoms with Crippen LogP contribution >= 0.6 is 0 Å². The van der Waals surface area contributed by atoms with Crippen molar-refractivity contribution in [3.05, 3.63) is 54.4 Å². The smallest absolute Gasteiger partial charge is 0.160 e. The van der Waals surface area contributed by atoms with Crippen molar-refractivity contribution in [3.63, 3.8) is 0 Å². The van der Waals surface area contributed by atoms with Crippen LogP contribution in [0.2, 0.25) is 0 Å². The monoisotopic (exact) mass is 350 g/mol. The van der Waals surface area contributed by atoms with Crippen LogP contribution in [0.1, 0.15) is 5.56 Å². The lowest BCUT2D eigenvalue weighted by molar-refractivity contribution is 0.804. The molecule has 3 rings (SSSR count). The Hall–Kier alpha value is -3.55. The van der Waals surface area contributed by atoms with Gasteiger partial charge < -0.3 is 21.3 Å². The van der Waals surface area contributed by atoms with Gasteiger partial charge in [-0.05, 0) is 11.6 Å². The molecule has 0 atom stereocenters. The molecular formula is C18H22N8. The highest BCUT2D eigenvalue weighted by Gasteiger charge is 2.13. The van der Waals surface area contributed by atoms with E-state index in [0.29, 0.717) is 23.8 Å². The summed E-state index contributed by atoms with van der Waals surface area (Å²) in [7, 11) is 3.61. The molecule has 0 saturated carbocycles. The van der Waals surface area contributed by atoms with Gasteiger partial charge in [-0.2, -0.15) is 9.61 Å². The van der Waals surface area contributed by atoms with Crippen molar-refractivity contribution in [2.75, 3.05) is 24.3 Å². The number of aromatic nitrogens is 3. The first-order chi connectivity index (χ1) is 12.5. The molecule has 0 spiro atoms. The third kappa shape index (κ3) is 3.44. The summed E-state index contributed by atoms with van der Waals surface area (Å²) in [5, 5.41) is 18.3. The molecule has 0 fully saturated rings. The Morgan fingerprint density at radius 2 is 2.19 bits per heavy atom. The molecule has 1 aromatic carbocycles. The zero-order valence-electron chi connectivity index (χ0n) is 14.8. The van der Waals surface area contributed by atoms with Crippen molar-refractivity contribution in [2.24, 2.45) is 5.73 Å². The first-order valence-corrected chi connectivity index (χ1v) is 8.11. The largest absolute Gasteiger partial charge is 0.386 e. The van der Waals surface area contributed by atoms with Crippen LogP contribution in [0.25, 0.3) is 16.9 Å². The van der Waals surface area contributed by atoms with Crippen LogP contribution in [0, 0.1) is 5.41 Å². The van der Waals surface area contributed by atoms with Crippen molar-refractivity contribution in [2.45, 2.75) is 6.54 Å². The van der Waals surface area contributed by atoms with Crippen molar-refractivity contribution in [1.82, 2.24) is 19.9 Å². The first kappa shape index (κ1) is 17.3. The summed E-state index contributed by atoms with van der Waals surface area (Å²) >= 11 is 0. The maximum atomic E-state index is 7.52. The van der Waals surface area contributed by atoms with Crippen molar-refractivity contribution >= 4 is 23.6 Å². The van der Waals surface area contributed by atoms with Crippen molar-refractivity contribution < 1.29 is 0 Å². The molecule has 2 heterocycles. The van der Waals surface area contributed by atoms with Gasteiger partial charge in [-0.3, -0.25) is 5.41 Å². The predicted molar refractivity (Wildman–Crippen MR) is 105 cm³/mol. The van der Waals surface area contributed by atoms with Crippen LogP contribution in [-0.4, -0.2) is 35.0 Å². The van der Waals surface area contributed by atoms with E-state index in [1.807, 2.05) is 37.4 Å². The Morgan fingerprint density at radius 1 is 1.38 bits per heavy atom. The second-order valence-electron chi connectivity index (χ2n) is 5.87. The van der Waals surface area contributed by atoms with Gasteiger partial charge in [0.1, 0.15) is 11.6 Å². The molecule has 8 heteroatoms. The fraction of sp³-hybridized carbons (Fsp3) is 0.167. The average Bonchev–Trinajstić information content (AvgIpc) is 3.09. The molecule has 0 bridgehead atoms. The number of nitrogens with one attached hydrogen (secondary N) is 3. The Bertz CT molecular complexity index is 959. The van der Waals surface area contributed by atoms with Gasteiger partial charge in [0.05, 0.1) is 17.9 Å². The van der Waals surface area contributed by atoms with Crippen LogP contribution in [0.5, 0.6) is 0 Å². The lowest BCUT2D eigenvalue weighted by Crippen LogP contribution is -2.18. The summed E-state index contributed by atoms with van der Waals surface area (Å²) < 4.78 is 1.73. The van der Waals surface area contributed by atoms with Gasteiger partial charge in [0.15, 0.2) is 5.65 Å². The number of benzene rings is 1. The van der Waals surface area contributed by atoms with Crippen LogP contribution in [0.4, 0.5) is 11.6 Å². The lowest BCUT2D eigenvalue weighted by atomic mass is 10.1. The SMILES string of the molecule is C=C(N)NCc1cccc(-c2cc3nc(NC)cc(N(C)C=N)n3n2)c1. The topological polar surface area (TPSA) is 107 Å². The Labute approximate surface area is 151 Å². The number of nitrogens with two attached hydrogens (primary N) is 1. The highest BCUT2D eigenvalue weighted by Crippen LogP contribution is 2.25. The van der Waals surface area contributed by atoms with Gasteiger partial charge in [-0.1, -0.05) is 24.8 Å². The second-order valence-corrected chi connectivity index (χ2v) is 5.87. The van der Waals surface area contributed by atoms with E-state index in [1.165, 1.54) is 6.34 Å². The average molecular weight is 350 g/mol. The fourth-order valence-corrected chi connectivity index (χ4v) is 2.60. The number of hydrogen-bond acceptors (Lipinski definition) is 6. The maximum Gasteiger partial charge on any atom is 0.160 e. The van der Waals surface area contributed by atoms with E-state index in [9.17, 15) is 0 Å². The Morgan fingerprint density at radius 3 is 2.88 bits per heavy atom. The number of nitrogens with zero attached hydrogens (tertiary/aromatic N) is 4. The minimum atomic E-state index is 0.436. The third-order valence-corrected chi connectivity index (χ3v) is 3.96. The molecule has 0 amide bonds. The van der Waals surface area contributed by atoms with Gasteiger partial charge >= 0.3 is 0 Å². The van der Waals surface area contributed by atoms with E-state index in [-0.39, 0.29) is 0 Å². The van der Waals surface area contributed by atoms with E-state index in [4.69, 9.17) is 11.1 Å². The summed E-state index contributed by atoms with van der Waals surface area (Å²) in [4.78, 5) is 6.23. The van der Waals surface area contributed by atoms with Gasteiger partial charge in [0.2, 0.25) is 0 Å². The van der Waals surface area contributed by atoms with E-state index < -0.39 is 0 Å². The second kappa shape index (κ2) is 7.14. The van der Waals surface area contributed by atoms with E-state index in [2.05, 4.69) is 33.4 Å². The van der Waals surface area contributed by atoms with Gasteiger partial charge in [0, 0.05) is 38.3 Å². The standard InChI is InChI=1S/C18H22N8/c1-12(20)22-10-13-5-4-6-14(7-13)15-8-17-23-16(21-2)9-18(25(3)11-19)26(17)24-15/h4-9,11,19,22H,1,10,20H2,2-3H3,(H,21,23). The minimum Gasteiger partial charge on any atom is -0.386 e. The number of hydrogen-bond donors (Lipinski definition) is 4. The van der Waals surface area contributed by atoms with Crippen LogP contribution < -0.4 is 21.3 Å². The summed E-state index contributed by atoms with van der Waals surface area (Å²) in [5.74, 6) is 1.90. The van der Waals surface area contributed by atoms with E-state index in [0.717, 1.165) is 22.6 Å². The van der Waals surface area contributed by atoms with E-state index >= 15 is 0 Å². The van der Waals surface area contributed by atoms with Gasteiger partial charge in [0.25, 0.3) is 0 Å². The summed E-state index contributed by atoms with van der Waals surface area (Å²) in [6, 6.07) is 11.8. The highest BCUT2D eigenvalue weighted by molar-refractivity contribution is 5.77. The zero-order chi connectivity index (χ0) is 18.7. The quantitative estimate of drug-likeness (QED) is 0.383. The first-order valence-electron chi connectivity index (χ1n) is 8.11. The molecule has 8 nitrogen and oxygen atoms in total. The molecule has 0 unspecified atom stereocenters. The van der Waals surface area contributed by atoms with Gasteiger partial charge in [-0.15, -0.1) is 0 Å². The van der Waals surface area contributed by atoms with Crippen LogP contribution in [-0.2, 0) is 6.54 Å². The van der Waals surface area contributed by atoms with Crippen molar-refractivity contribution in [3.8, 4) is 11.3 Å². The Kier molecular flexibility index (Phi) is 4.74. The van der Waals surface area contributed by atoms with Gasteiger partial charge in [-0.25, -0.2) is 4.98 Å². The molecule has 26 heavy (non-hydrogen) atoms.